The van der Waals surface area contributed by atoms with Crippen molar-refractivity contribution < 1.29 is 19.1 Å². The second kappa shape index (κ2) is 14.1. The van der Waals surface area contributed by atoms with E-state index in [0.29, 0.717) is 40.8 Å². The molecule has 0 saturated carbocycles. The lowest BCUT2D eigenvalue weighted by atomic mass is 10.1. The highest BCUT2D eigenvalue weighted by Gasteiger charge is 2.03. The van der Waals surface area contributed by atoms with E-state index in [1.54, 1.807) is 72.8 Å². The lowest BCUT2D eigenvalue weighted by Gasteiger charge is -2.08. The Balaban J connectivity index is 1.15. The van der Waals surface area contributed by atoms with Crippen molar-refractivity contribution in [2.75, 3.05) is 13.2 Å². The zero-order chi connectivity index (χ0) is 27.5. The van der Waals surface area contributed by atoms with Crippen molar-refractivity contribution in [2.45, 2.75) is 6.42 Å². The van der Waals surface area contributed by atoms with E-state index in [1.807, 2.05) is 48.5 Å². The van der Waals surface area contributed by atoms with Gasteiger partial charge in [-0.2, -0.15) is 0 Å². The molecule has 0 aliphatic rings. The highest BCUT2D eigenvalue weighted by Crippen LogP contribution is 2.17. The van der Waals surface area contributed by atoms with E-state index < -0.39 is 0 Å². The standard InChI is InChI=1S/C33H26Cl2O4/c34-28-12-8-26(9-13-28)32(36)20-6-24-2-16-30(17-3-24)38-22-1-23-39-31-18-4-25(5-19-31)7-21-33(37)27-10-14-29(35)15-11-27/h2-21H,1,22-23H2/b20-6-,21-7+. The van der Waals surface area contributed by atoms with E-state index in [0.717, 1.165) is 22.6 Å². The number of hydrogen-bond acceptors (Lipinski definition) is 4. The Morgan fingerprint density at radius 3 is 1.26 bits per heavy atom. The first kappa shape index (κ1) is 27.9. The van der Waals surface area contributed by atoms with Crippen molar-refractivity contribution in [1.82, 2.24) is 0 Å². The minimum atomic E-state index is -0.0812. The third kappa shape index (κ3) is 8.99. The quantitative estimate of drug-likeness (QED) is 0.0994. The Labute approximate surface area is 238 Å². The van der Waals surface area contributed by atoms with Gasteiger partial charge in [0, 0.05) is 27.6 Å². The molecule has 4 rings (SSSR count). The summed E-state index contributed by atoms with van der Waals surface area (Å²) in [5, 5.41) is 1.20. The molecule has 39 heavy (non-hydrogen) atoms. The number of benzene rings is 4. The average molecular weight is 557 g/mol. The summed E-state index contributed by atoms with van der Waals surface area (Å²) in [5.41, 5.74) is 2.99. The fourth-order valence-electron chi connectivity index (χ4n) is 3.55. The Kier molecular flexibility index (Phi) is 10.1. The molecule has 0 spiro atoms. The molecule has 0 fully saturated rings. The Hall–Kier alpha value is -4.12. The molecular formula is C33H26Cl2O4. The van der Waals surface area contributed by atoms with Gasteiger partial charge in [0.1, 0.15) is 11.5 Å². The molecule has 0 N–H and O–H groups in total. The first-order valence-electron chi connectivity index (χ1n) is 12.4. The molecule has 0 bridgehead atoms. The molecule has 0 amide bonds. The summed E-state index contributed by atoms with van der Waals surface area (Å²) in [6.45, 7) is 1.02. The Morgan fingerprint density at radius 1 is 0.538 bits per heavy atom. The van der Waals surface area contributed by atoms with Crippen molar-refractivity contribution in [2.24, 2.45) is 0 Å². The lowest BCUT2D eigenvalue weighted by molar-refractivity contribution is 0.103. The molecule has 4 aromatic carbocycles. The van der Waals surface area contributed by atoms with Crippen molar-refractivity contribution in [1.29, 1.82) is 0 Å². The minimum Gasteiger partial charge on any atom is -0.493 e. The topological polar surface area (TPSA) is 52.6 Å². The smallest absolute Gasteiger partial charge is 0.185 e. The van der Waals surface area contributed by atoms with E-state index in [-0.39, 0.29) is 11.6 Å². The van der Waals surface area contributed by atoms with Crippen molar-refractivity contribution >= 4 is 46.9 Å². The average Bonchev–Trinajstić information content (AvgIpc) is 2.96. The molecule has 6 heteroatoms. The normalized spacial score (nSPS) is 11.1. The second-order valence-electron chi connectivity index (χ2n) is 8.60. The van der Waals surface area contributed by atoms with Gasteiger partial charge < -0.3 is 9.47 Å². The Bertz CT molecular complexity index is 1330. The molecule has 0 atom stereocenters. The third-order valence-electron chi connectivity index (χ3n) is 5.70. The number of hydrogen-bond donors (Lipinski definition) is 0. The van der Waals surface area contributed by atoms with Crippen molar-refractivity contribution in [3.63, 3.8) is 0 Å². The van der Waals surface area contributed by atoms with Crippen LogP contribution in [0.2, 0.25) is 10.0 Å². The van der Waals surface area contributed by atoms with Crippen LogP contribution < -0.4 is 9.47 Å². The molecule has 0 unspecified atom stereocenters. The van der Waals surface area contributed by atoms with Crippen LogP contribution in [0.4, 0.5) is 0 Å². The molecule has 4 nitrogen and oxygen atoms in total. The predicted molar refractivity (Wildman–Crippen MR) is 158 cm³/mol. The van der Waals surface area contributed by atoms with Crippen LogP contribution in [0.3, 0.4) is 0 Å². The number of rotatable bonds is 12. The molecule has 0 aliphatic carbocycles. The molecule has 0 aliphatic heterocycles. The lowest BCUT2D eigenvalue weighted by Crippen LogP contribution is -2.05. The van der Waals surface area contributed by atoms with Crippen molar-refractivity contribution in [3.05, 3.63) is 142 Å². The van der Waals surface area contributed by atoms with E-state index in [1.165, 1.54) is 0 Å². The first-order valence-corrected chi connectivity index (χ1v) is 13.1. The van der Waals surface area contributed by atoms with Crippen LogP contribution in [-0.2, 0) is 0 Å². The molecule has 0 heterocycles. The number of allylic oxidation sites excluding steroid dienone is 2. The summed E-state index contributed by atoms with van der Waals surface area (Å²) in [4.78, 5) is 24.5. The molecule has 0 aromatic heterocycles. The first-order chi connectivity index (χ1) is 19.0. The number of carbonyl (C=O) groups is 2. The van der Waals surface area contributed by atoms with Gasteiger partial charge in [-0.05, 0) is 96.1 Å². The highest BCUT2D eigenvalue weighted by molar-refractivity contribution is 6.31. The van der Waals surface area contributed by atoms with E-state index in [9.17, 15) is 9.59 Å². The number of ketones is 2. The van der Waals surface area contributed by atoms with Gasteiger partial charge in [-0.1, -0.05) is 59.6 Å². The van der Waals surface area contributed by atoms with Crippen LogP contribution in [0.25, 0.3) is 12.2 Å². The van der Waals surface area contributed by atoms with Crippen molar-refractivity contribution in [3.8, 4) is 11.5 Å². The fourth-order valence-corrected chi connectivity index (χ4v) is 3.81. The molecule has 0 radical (unpaired) electrons. The van der Waals surface area contributed by atoms with Crippen LogP contribution in [0, 0.1) is 0 Å². The summed E-state index contributed by atoms with van der Waals surface area (Å²) in [5.74, 6) is 1.34. The van der Waals surface area contributed by atoms with Crippen LogP contribution in [0.1, 0.15) is 38.3 Å². The maximum absolute atomic E-state index is 12.2. The maximum Gasteiger partial charge on any atom is 0.185 e. The van der Waals surface area contributed by atoms with Crippen LogP contribution in [0.5, 0.6) is 11.5 Å². The second-order valence-corrected chi connectivity index (χ2v) is 9.47. The zero-order valence-electron chi connectivity index (χ0n) is 21.1. The Morgan fingerprint density at radius 2 is 0.897 bits per heavy atom. The van der Waals surface area contributed by atoms with Gasteiger partial charge >= 0.3 is 0 Å². The fraction of sp³-hybridized carbons (Fsp3) is 0.0909. The van der Waals surface area contributed by atoms with Gasteiger partial charge in [-0.25, -0.2) is 0 Å². The van der Waals surface area contributed by atoms with Crippen LogP contribution in [-0.4, -0.2) is 24.8 Å². The molecule has 4 aromatic rings. The van der Waals surface area contributed by atoms with Gasteiger partial charge in [0.15, 0.2) is 11.6 Å². The SMILES string of the molecule is O=C(/C=C\c1ccc(OCCCOc2ccc(/C=C/C(=O)c3ccc(Cl)cc3)cc2)cc1)c1ccc(Cl)cc1. The van der Waals surface area contributed by atoms with E-state index >= 15 is 0 Å². The molecule has 0 saturated heterocycles. The van der Waals surface area contributed by atoms with E-state index in [4.69, 9.17) is 32.7 Å². The summed E-state index contributed by atoms with van der Waals surface area (Å²) in [6.07, 6.45) is 7.34. The zero-order valence-corrected chi connectivity index (χ0v) is 22.6. The number of ether oxygens (including phenoxy) is 2. The minimum absolute atomic E-state index is 0.0812. The van der Waals surface area contributed by atoms with E-state index in [2.05, 4.69) is 0 Å². The molecular weight excluding hydrogens is 531 g/mol. The van der Waals surface area contributed by atoms with Crippen LogP contribution in [0.15, 0.2) is 109 Å². The monoisotopic (exact) mass is 556 g/mol. The summed E-state index contributed by atoms with van der Waals surface area (Å²) in [7, 11) is 0. The number of halogens is 2. The van der Waals surface area contributed by atoms with Gasteiger partial charge in [-0.15, -0.1) is 0 Å². The van der Waals surface area contributed by atoms with Gasteiger partial charge in [0.25, 0.3) is 0 Å². The summed E-state index contributed by atoms with van der Waals surface area (Å²) >= 11 is 11.7. The molecule has 196 valence electrons. The van der Waals surface area contributed by atoms with Gasteiger partial charge in [-0.3, -0.25) is 9.59 Å². The van der Waals surface area contributed by atoms with Gasteiger partial charge in [0.2, 0.25) is 0 Å². The predicted octanol–water partition coefficient (Wildman–Crippen LogP) is 8.63. The third-order valence-corrected chi connectivity index (χ3v) is 6.20. The largest absolute Gasteiger partial charge is 0.493 e. The maximum atomic E-state index is 12.2. The highest BCUT2D eigenvalue weighted by atomic mass is 35.5. The number of carbonyl (C=O) groups excluding carboxylic acids is 2. The summed E-state index contributed by atoms with van der Waals surface area (Å²) in [6, 6.07) is 28.7. The van der Waals surface area contributed by atoms with Gasteiger partial charge in [0.05, 0.1) is 13.2 Å². The summed E-state index contributed by atoms with van der Waals surface area (Å²) < 4.78 is 11.6. The van der Waals surface area contributed by atoms with Crippen LogP contribution >= 0.6 is 23.2 Å².